The Hall–Kier alpha value is -1.62. The van der Waals surface area contributed by atoms with Crippen LogP contribution in [0.15, 0.2) is 12.3 Å². The Kier molecular flexibility index (Phi) is 3.81. The van der Waals surface area contributed by atoms with Crippen molar-refractivity contribution >= 4 is 11.7 Å². The van der Waals surface area contributed by atoms with Gasteiger partial charge in [-0.1, -0.05) is 0 Å². The molecule has 0 aromatic carbocycles. The maximum atomic E-state index is 11.2. The van der Waals surface area contributed by atoms with E-state index in [2.05, 4.69) is 4.98 Å². The van der Waals surface area contributed by atoms with Gasteiger partial charge in [-0.05, 0) is 31.7 Å². The quantitative estimate of drug-likeness (QED) is 0.845. The number of aromatic carboxylic acids is 1. The highest BCUT2D eigenvalue weighted by atomic mass is 16.4. The number of carboxylic acid groups (broad SMARTS) is 1. The third-order valence-electron chi connectivity index (χ3n) is 3.37. The highest BCUT2D eigenvalue weighted by Gasteiger charge is 2.23. The zero-order valence-electron chi connectivity index (χ0n) is 10.5. The lowest BCUT2D eigenvalue weighted by Gasteiger charge is -2.34. The second-order valence-corrected chi connectivity index (χ2v) is 4.78. The number of aliphatic hydroxyl groups excluding tert-OH is 1. The van der Waals surface area contributed by atoms with Crippen LogP contribution in [-0.2, 0) is 0 Å². The van der Waals surface area contributed by atoms with E-state index in [0.29, 0.717) is 12.2 Å². The number of nitrogens with zero attached hydrogens (tertiary/aromatic N) is 2. The topological polar surface area (TPSA) is 73.7 Å². The number of piperidine rings is 1. The first-order chi connectivity index (χ1) is 8.61. The summed E-state index contributed by atoms with van der Waals surface area (Å²) in [5.41, 5.74) is 1.76. The Labute approximate surface area is 106 Å². The van der Waals surface area contributed by atoms with Crippen molar-refractivity contribution in [3.05, 3.63) is 23.5 Å². The molecule has 1 aromatic rings. The van der Waals surface area contributed by atoms with Gasteiger partial charge in [0.1, 0.15) is 5.56 Å². The van der Waals surface area contributed by atoms with Gasteiger partial charge in [-0.15, -0.1) is 0 Å². The van der Waals surface area contributed by atoms with Crippen molar-refractivity contribution in [3.63, 3.8) is 0 Å². The van der Waals surface area contributed by atoms with E-state index in [1.165, 1.54) is 6.20 Å². The summed E-state index contributed by atoms with van der Waals surface area (Å²) in [6, 6.07) is 1.81. The number of anilines is 1. The first-order valence-corrected chi connectivity index (χ1v) is 6.17. The largest absolute Gasteiger partial charge is 0.478 e. The van der Waals surface area contributed by atoms with Crippen LogP contribution in [-0.4, -0.2) is 40.9 Å². The number of rotatable bonds is 3. The van der Waals surface area contributed by atoms with E-state index in [9.17, 15) is 15.0 Å². The van der Waals surface area contributed by atoms with Gasteiger partial charge < -0.3 is 15.1 Å². The molecule has 0 aliphatic carbocycles. The molecular weight excluding hydrogens is 232 g/mol. The molecule has 2 N–H and O–H groups in total. The van der Waals surface area contributed by atoms with Gasteiger partial charge in [0.05, 0.1) is 5.69 Å². The third-order valence-corrected chi connectivity index (χ3v) is 3.37. The highest BCUT2D eigenvalue weighted by Crippen LogP contribution is 2.26. The van der Waals surface area contributed by atoms with Crippen LogP contribution in [0.25, 0.3) is 0 Å². The summed E-state index contributed by atoms with van der Waals surface area (Å²) < 4.78 is 0. The monoisotopic (exact) mass is 250 g/mol. The predicted octanol–water partition coefficient (Wildman–Crippen LogP) is 1.30. The van der Waals surface area contributed by atoms with Crippen LogP contribution in [0.4, 0.5) is 5.69 Å². The fraction of sp³-hybridized carbons (Fsp3) is 0.538. The molecule has 1 unspecified atom stereocenters. The van der Waals surface area contributed by atoms with E-state index >= 15 is 0 Å². The van der Waals surface area contributed by atoms with Gasteiger partial charge in [0, 0.05) is 31.6 Å². The average molecular weight is 250 g/mol. The first-order valence-electron chi connectivity index (χ1n) is 6.17. The number of aromatic nitrogens is 1. The van der Waals surface area contributed by atoms with Gasteiger partial charge in [0.2, 0.25) is 0 Å². The minimum absolute atomic E-state index is 0.156. The molecule has 0 bridgehead atoms. The molecule has 98 valence electrons. The summed E-state index contributed by atoms with van der Waals surface area (Å²) in [6.07, 6.45) is 3.39. The third kappa shape index (κ3) is 2.61. The van der Waals surface area contributed by atoms with Crippen LogP contribution >= 0.6 is 0 Å². The number of aryl methyl sites for hydroxylation is 1. The van der Waals surface area contributed by atoms with Crippen molar-refractivity contribution in [1.82, 2.24) is 4.98 Å². The molecule has 1 saturated heterocycles. The van der Waals surface area contributed by atoms with Gasteiger partial charge in [-0.2, -0.15) is 0 Å². The van der Waals surface area contributed by atoms with E-state index in [1.54, 1.807) is 0 Å². The van der Waals surface area contributed by atoms with Gasteiger partial charge in [0.25, 0.3) is 0 Å². The number of hydrogen-bond donors (Lipinski definition) is 2. The summed E-state index contributed by atoms with van der Waals surface area (Å²) >= 11 is 0. The number of hydrogen-bond acceptors (Lipinski definition) is 4. The lowest BCUT2D eigenvalue weighted by molar-refractivity contribution is 0.0697. The lowest BCUT2D eigenvalue weighted by atomic mass is 9.98. The summed E-state index contributed by atoms with van der Waals surface area (Å²) in [4.78, 5) is 17.3. The molecule has 5 heteroatoms. The van der Waals surface area contributed by atoms with Crippen LogP contribution in [0.1, 0.15) is 28.9 Å². The average Bonchev–Trinajstić information content (AvgIpc) is 2.38. The minimum atomic E-state index is -0.955. The molecule has 1 aliphatic rings. The molecule has 0 spiro atoms. The molecule has 1 aliphatic heterocycles. The summed E-state index contributed by atoms with van der Waals surface area (Å²) in [5.74, 6) is -0.725. The Morgan fingerprint density at radius 3 is 3.06 bits per heavy atom. The van der Waals surface area contributed by atoms with Crippen molar-refractivity contribution < 1.29 is 15.0 Å². The summed E-state index contributed by atoms with van der Waals surface area (Å²) in [5, 5.41) is 18.4. The number of aliphatic hydroxyl groups is 1. The SMILES string of the molecule is Cc1cc(N2CCCC(CO)C2)c(C(=O)O)cn1. The second-order valence-electron chi connectivity index (χ2n) is 4.78. The van der Waals surface area contributed by atoms with Gasteiger partial charge in [-0.3, -0.25) is 4.98 Å². The van der Waals surface area contributed by atoms with Crippen molar-refractivity contribution in [2.45, 2.75) is 19.8 Å². The number of carboxylic acids is 1. The van der Waals surface area contributed by atoms with E-state index in [-0.39, 0.29) is 18.1 Å². The zero-order chi connectivity index (χ0) is 13.1. The number of pyridine rings is 1. The first kappa shape index (κ1) is 12.8. The molecule has 1 atom stereocenters. The van der Waals surface area contributed by atoms with E-state index in [4.69, 9.17) is 0 Å². The molecule has 1 aromatic heterocycles. The summed E-state index contributed by atoms with van der Waals surface area (Å²) in [7, 11) is 0. The van der Waals surface area contributed by atoms with Crippen LogP contribution < -0.4 is 4.90 Å². The fourth-order valence-corrected chi connectivity index (χ4v) is 2.40. The maximum Gasteiger partial charge on any atom is 0.339 e. The Morgan fingerprint density at radius 2 is 2.39 bits per heavy atom. The standard InChI is InChI=1S/C13H18N2O3/c1-9-5-12(11(6-14-9)13(17)18)15-4-2-3-10(7-15)8-16/h5-6,10,16H,2-4,7-8H2,1H3,(H,17,18). The zero-order valence-corrected chi connectivity index (χ0v) is 10.5. The molecule has 2 rings (SSSR count). The molecule has 0 amide bonds. The van der Waals surface area contributed by atoms with Gasteiger partial charge >= 0.3 is 5.97 Å². The van der Waals surface area contributed by atoms with Crippen LogP contribution in [0, 0.1) is 12.8 Å². The van der Waals surface area contributed by atoms with Crippen molar-refractivity contribution in [2.24, 2.45) is 5.92 Å². The lowest BCUT2D eigenvalue weighted by Crippen LogP contribution is -2.37. The van der Waals surface area contributed by atoms with Crippen LogP contribution in [0.5, 0.6) is 0 Å². The molecule has 5 nitrogen and oxygen atoms in total. The molecule has 2 heterocycles. The maximum absolute atomic E-state index is 11.2. The molecule has 18 heavy (non-hydrogen) atoms. The molecule has 1 fully saturated rings. The van der Waals surface area contributed by atoms with Crippen LogP contribution in [0.2, 0.25) is 0 Å². The molecule has 0 saturated carbocycles. The fourth-order valence-electron chi connectivity index (χ4n) is 2.40. The van der Waals surface area contributed by atoms with Gasteiger partial charge in [-0.25, -0.2) is 4.79 Å². The minimum Gasteiger partial charge on any atom is -0.478 e. The summed E-state index contributed by atoms with van der Waals surface area (Å²) in [6.45, 7) is 3.55. The smallest absolute Gasteiger partial charge is 0.339 e. The van der Waals surface area contributed by atoms with Gasteiger partial charge in [0.15, 0.2) is 0 Å². The number of carbonyl (C=O) groups is 1. The molecular formula is C13H18N2O3. The Morgan fingerprint density at radius 1 is 1.61 bits per heavy atom. The normalized spacial score (nSPS) is 19.9. The van der Waals surface area contributed by atoms with Crippen molar-refractivity contribution in [3.8, 4) is 0 Å². The van der Waals surface area contributed by atoms with E-state index in [1.807, 2.05) is 17.9 Å². The highest BCUT2D eigenvalue weighted by molar-refractivity contribution is 5.94. The van der Waals surface area contributed by atoms with E-state index < -0.39 is 5.97 Å². The second kappa shape index (κ2) is 5.35. The molecule has 0 radical (unpaired) electrons. The van der Waals surface area contributed by atoms with Crippen LogP contribution in [0.3, 0.4) is 0 Å². The Balaban J connectivity index is 2.31. The van der Waals surface area contributed by atoms with Crippen molar-refractivity contribution in [1.29, 1.82) is 0 Å². The van der Waals surface area contributed by atoms with E-state index in [0.717, 1.165) is 25.1 Å². The predicted molar refractivity (Wildman–Crippen MR) is 68.0 cm³/mol. The Bertz CT molecular complexity index is 448. The van der Waals surface area contributed by atoms with Crippen molar-refractivity contribution in [2.75, 3.05) is 24.6 Å².